The summed E-state index contributed by atoms with van der Waals surface area (Å²) < 4.78 is 40.4. The molecule has 0 radical (unpaired) electrons. The maximum Gasteiger partial charge on any atom is 0.418 e. The quantitative estimate of drug-likeness (QED) is 0.723. The lowest BCUT2D eigenvalue weighted by molar-refractivity contribution is -0.136. The topological polar surface area (TPSA) is 81.6 Å². The van der Waals surface area contributed by atoms with Crippen molar-refractivity contribution in [3.8, 4) is 0 Å². The number of amides is 1. The van der Waals surface area contributed by atoms with Crippen LogP contribution in [0, 0.1) is 5.92 Å². The van der Waals surface area contributed by atoms with Crippen LogP contribution in [-0.2, 0) is 11.0 Å². The molecule has 1 aromatic carbocycles. The zero-order valence-electron chi connectivity index (χ0n) is 18.9. The summed E-state index contributed by atoms with van der Waals surface area (Å²) in [5.74, 6) is 0.0163. The smallest absolute Gasteiger partial charge is 0.389 e. The lowest BCUT2D eigenvalue weighted by Crippen LogP contribution is -2.52. The van der Waals surface area contributed by atoms with Crippen molar-refractivity contribution >= 4 is 22.6 Å². The third-order valence-electron chi connectivity index (χ3n) is 6.68. The number of hydrogen-bond acceptors (Lipinski definition) is 6. The van der Waals surface area contributed by atoms with Gasteiger partial charge in [-0.05, 0) is 44.4 Å². The monoisotopic (exact) mass is 465 g/mol. The van der Waals surface area contributed by atoms with Crippen molar-refractivity contribution in [3.63, 3.8) is 0 Å². The van der Waals surface area contributed by atoms with E-state index in [2.05, 4.69) is 20.2 Å². The van der Waals surface area contributed by atoms with Gasteiger partial charge in [0.1, 0.15) is 11.0 Å². The molecule has 4 rings (SSSR count). The molecule has 7 nitrogen and oxygen atoms in total. The number of hydrogen-bond donors (Lipinski definition) is 2. The highest BCUT2D eigenvalue weighted by molar-refractivity contribution is 5.91. The molecule has 0 saturated carbocycles. The van der Waals surface area contributed by atoms with Gasteiger partial charge in [0.25, 0.3) is 0 Å². The van der Waals surface area contributed by atoms with Crippen molar-refractivity contribution in [2.75, 3.05) is 38.1 Å². The Morgan fingerprint density at radius 3 is 2.52 bits per heavy atom. The number of carbonyl (C=O) groups is 1. The number of carbonyl (C=O) groups excluding carboxylic acids is 1. The summed E-state index contributed by atoms with van der Waals surface area (Å²) in [4.78, 5) is 25.0. The molecule has 10 heteroatoms. The summed E-state index contributed by atoms with van der Waals surface area (Å²) in [7, 11) is 1.99. The van der Waals surface area contributed by atoms with Gasteiger partial charge in [-0.15, -0.1) is 0 Å². The Balaban J connectivity index is 1.50. The minimum atomic E-state index is -4.52. The SMILES string of the molecule is C[C@H]1C[C@@H](NC(=O)CC2(O)CCN(C)CC2)CN(c2ccc(C(F)(F)F)c3nccnc23)C1. The number of nitrogens with zero attached hydrogens (tertiary/aromatic N) is 4. The summed E-state index contributed by atoms with van der Waals surface area (Å²) in [6.45, 7) is 4.64. The molecule has 2 fully saturated rings. The minimum Gasteiger partial charge on any atom is -0.389 e. The minimum absolute atomic E-state index is 0.0560. The first kappa shape index (κ1) is 23.7. The van der Waals surface area contributed by atoms with Crippen LogP contribution in [0.5, 0.6) is 0 Å². The van der Waals surface area contributed by atoms with Crippen LogP contribution in [0.3, 0.4) is 0 Å². The van der Waals surface area contributed by atoms with E-state index in [4.69, 9.17) is 0 Å². The first-order valence-corrected chi connectivity index (χ1v) is 11.3. The highest BCUT2D eigenvalue weighted by Gasteiger charge is 2.37. The van der Waals surface area contributed by atoms with E-state index in [-0.39, 0.29) is 35.3 Å². The maximum absolute atomic E-state index is 13.5. The number of rotatable bonds is 4. The van der Waals surface area contributed by atoms with Crippen LogP contribution >= 0.6 is 0 Å². The normalized spacial score (nSPS) is 24.1. The number of benzene rings is 1. The van der Waals surface area contributed by atoms with Crippen molar-refractivity contribution in [2.45, 2.75) is 50.4 Å². The van der Waals surface area contributed by atoms with E-state index in [1.54, 1.807) is 0 Å². The van der Waals surface area contributed by atoms with Crippen LogP contribution in [0.15, 0.2) is 24.5 Å². The summed E-state index contributed by atoms with van der Waals surface area (Å²) in [5.41, 5.74) is -1.20. The van der Waals surface area contributed by atoms with Crippen LogP contribution in [0.2, 0.25) is 0 Å². The lowest BCUT2D eigenvalue weighted by atomic mass is 9.87. The molecule has 180 valence electrons. The number of likely N-dealkylation sites (tertiary alicyclic amines) is 1. The number of nitrogens with one attached hydrogen (secondary N) is 1. The van der Waals surface area contributed by atoms with Crippen LogP contribution in [0.25, 0.3) is 11.0 Å². The first-order chi connectivity index (χ1) is 15.5. The van der Waals surface area contributed by atoms with Gasteiger partial charge in [-0.3, -0.25) is 14.8 Å². The van der Waals surface area contributed by atoms with Gasteiger partial charge in [-0.25, -0.2) is 0 Å². The van der Waals surface area contributed by atoms with Gasteiger partial charge in [0, 0.05) is 44.6 Å². The second-order valence-corrected chi connectivity index (χ2v) is 9.60. The molecule has 0 unspecified atom stereocenters. The zero-order chi connectivity index (χ0) is 23.8. The van der Waals surface area contributed by atoms with Crippen LogP contribution in [0.4, 0.5) is 18.9 Å². The molecular weight excluding hydrogens is 435 g/mol. The molecule has 1 aromatic heterocycles. The van der Waals surface area contributed by atoms with Crippen LogP contribution in [0.1, 0.15) is 38.2 Å². The van der Waals surface area contributed by atoms with E-state index >= 15 is 0 Å². The molecule has 33 heavy (non-hydrogen) atoms. The molecule has 0 bridgehead atoms. The number of halogens is 3. The fourth-order valence-corrected chi connectivity index (χ4v) is 4.97. The Bertz CT molecular complexity index is 1010. The molecule has 0 aliphatic carbocycles. The molecule has 2 N–H and O–H groups in total. The summed E-state index contributed by atoms with van der Waals surface area (Å²) >= 11 is 0. The molecule has 1 amide bonds. The molecular formula is C23H30F3N5O2. The Kier molecular flexibility index (Phi) is 6.50. The zero-order valence-corrected chi connectivity index (χ0v) is 18.9. The average Bonchev–Trinajstić information content (AvgIpc) is 2.74. The number of fused-ring (bicyclic) bond motifs is 1. The van der Waals surface area contributed by atoms with Gasteiger partial charge < -0.3 is 20.2 Å². The van der Waals surface area contributed by atoms with Crippen molar-refractivity contribution in [1.82, 2.24) is 20.2 Å². The standard InChI is InChI=1S/C23H30F3N5O2/c1-15-11-16(29-19(32)12-22(33)5-9-30(2)10-6-22)14-31(13-15)18-4-3-17(23(24,25)26)20-21(18)28-8-7-27-20/h3-4,7-8,15-16,33H,5-6,9-14H2,1-2H3,(H,29,32)/t15-,16+/m0/s1. The van der Waals surface area contributed by atoms with E-state index in [0.29, 0.717) is 31.6 Å². The van der Waals surface area contributed by atoms with Gasteiger partial charge in [0.05, 0.1) is 23.3 Å². The second-order valence-electron chi connectivity index (χ2n) is 9.60. The van der Waals surface area contributed by atoms with Crippen molar-refractivity contribution in [1.29, 1.82) is 0 Å². The van der Waals surface area contributed by atoms with E-state index < -0.39 is 17.3 Å². The van der Waals surface area contributed by atoms with E-state index in [9.17, 15) is 23.1 Å². The predicted molar refractivity (Wildman–Crippen MR) is 119 cm³/mol. The van der Waals surface area contributed by atoms with E-state index in [1.807, 2.05) is 18.9 Å². The molecule has 0 spiro atoms. The molecule has 3 heterocycles. The Morgan fingerprint density at radius 2 is 1.85 bits per heavy atom. The van der Waals surface area contributed by atoms with Crippen LogP contribution < -0.4 is 10.2 Å². The Labute approximate surface area is 191 Å². The summed E-state index contributed by atoms with van der Waals surface area (Å²) in [6, 6.07) is 2.32. The van der Waals surface area contributed by atoms with Gasteiger partial charge in [-0.2, -0.15) is 13.2 Å². The predicted octanol–water partition coefficient (Wildman–Crippen LogP) is 2.83. The van der Waals surface area contributed by atoms with Gasteiger partial charge in [0.2, 0.25) is 5.91 Å². The Morgan fingerprint density at radius 1 is 1.18 bits per heavy atom. The fraction of sp³-hybridized carbons (Fsp3) is 0.609. The largest absolute Gasteiger partial charge is 0.418 e. The third-order valence-corrected chi connectivity index (χ3v) is 6.68. The van der Waals surface area contributed by atoms with Crippen molar-refractivity contribution in [3.05, 3.63) is 30.1 Å². The van der Waals surface area contributed by atoms with Gasteiger partial charge in [-0.1, -0.05) is 6.92 Å². The summed E-state index contributed by atoms with van der Waals surface area (Å²) in [5, 5.41) is 13.8. The van der Waals surface area contributed by atoms with Crippen LogP contribution in [-0.4, -0.2) is 70.8 Å². The van der Waals surface area contributed by atoms with Gasteiger partial charge >= 0.3 is 6.18 Å². The highest BCUT2D eigenvalue weighted by atomic mass is 19.4. The number of aliphatic hydroxyl groups is 1. The average molecular weight is 466 g/mol. The Hall–Kier alpha value is -2.46. The molecule has 2 atom stereocenters. The lowest BCUT2D eigenvalue weighted by Gasteiger charge is -2.39. The molecule has 2 saturated heterocycles. The number of aromatic nitrogens is 2. The highest BCUT2D eigenvalue weighted by Crippen LogP contribution is 2.37. The second kappa shape index (κ2) is 9.06. The first-order valence-electron chi connectivity index (χ1n) is 11.3. The molecule has 2 aromatic rings. The fourth-order valence-electron chi connectivity index (χ4n) is 4.97. The van der Waals surface area contributed by atoms with E-state index in [0.717, 1.165) is 25.6 Å². The van der Waals surface area contributed by atoms with Gasteiger partial charge in [0.15, 0.2) is 0 Å². The van der Waals surface area contributed by atoms with Crippen molar-refractivity contribution < 1.29 is 23.1 Å². The number of alkyl halides is 3. The maximum atomic E-state index is 13.5. The van der Waals surface area contributed by atoms with E-state index in [1.165, 1.54) is 18.5 Å². The summed E-state index contributed by atoms with van der Waals surface area (Å²) in [6.07, 6.45) is 0.0548. The molecule has 2 aliphatic rings. The number of anilines is 1. The number of piperidine rings is 2. The third kappa shape index (κ3) is 5.38. The molecule has 2 aliphatic heterocycles. The van der Waals surface area contributed by atoms with Crippen molar-refractivity contribution in [2.24, 2.45) is 5.92 Å².